The van der Waals surface area contributed by atoms with E-state index in [-0.39, 0.29) is 0 Å². The summed E-state index contributed by atoms with van der Waals surface area (Å²) in [5.74, 6) is 0.663. The molecule has 4 nitrogen and oxygen atoms in total. The minimum absolute atomic E-state index is 0.663. The molecule has 0 atom stereocenters. The molecule has 6 rings (SSSR count). The van der Waals surface area contributed by atoms with Crippen molar-refractivity contribution in [2.24, 2.45) is 0 Å². The van der Waals surface area contributed by atoms with Crippen LogP contribution in [0.1, 0.15) is 0 Å². The number of fused-ring (bicyclic) bond motifs is 3. The zero-order valence-corrected chi connectivity index (χ0v) is 19.1. The Labute approximate surface area is 199 Å². The zero-order chi connectivity index (χ0) is 22.2. The second-order valence-electron chi connectivity index (χ2n) is 7.69. The minimum atomic E-state index is 0.663. The highest BCUT2D eigenvalue weighted by Gasteiger charge is 2.16. The number of halogens is 1. The van der Waals surface area contributed by atoms with Gasteiger partial charge in [0.1, 0.15) is 11.2 Å². The molecule has 0 radical (unpaired) electrons. The maximum atomic E-state index is 6.08. The summed E-state index contributed by atoms with van der Waals surface area (Å²) in [4.78, 5) is 11.7. The van der Waals surface area contributed by atoms with E-state index in [1.165, 1.54) is 0 Å². The van der Waals surface area contributed by atoms with E-state index in [1.54, 1.807) is 0 Å². The van der Waals surface area contributed by atoms with Gasteiger partial charge < -0.3 is 9.32 Å². The van der Waals surface area contributed by atoms with E-state index in [9.17, 15) is 0 Å². The standard InChI is InChI=1S/C28H18BrN3O/c29-19-14-15-23-26(16-19)33-25-13-7-12-24(27(23)25)28-30-17-22(18-31-28)32(20-8-3-1-4-9-20)21-10-5-2-6-11-21/h1-18H. The van der Waals surface area contributed by atoms with Crippen molar-refractivity contribution in [2.45, 2.75) is 0 Å². The first kappa shape index (κ1) is 19.7. The number of benzene rings is 4. The summed E-state index contributed by atoms with van der Waals surface area (Å²) in [5.41, 5.74) is 5.60. The van der Waals surface area contributed by atoms with E-state index in [0.717, 1.165) is 49.0 Å². The Hall–Kier alpha value is -3.96. The summed E-state index contributed by atoms with van der Waals surface area (Å²) in [6.07, 6.45) is 3.75. The predicted octanol–water partition coefficient (Wildman–Crippen LogP) is 8.28. The van der Waals surface area contributed by atoms with Crippen LogP contribution in [0.25, 0.3) is 33.3 Å². The highest BCUT2D eigenvalue weighted by molar-refractivity contribution is 9.10. The van der Waals surface area contributed by atoms with E-state index >= 15 is 0 Å². The van der Waals surface area contributed by atoms with Gasteiger partial charge in [-0.05, 0) is 48.5 Å². The highest BCUT2D eigenvalue weighted by Crippen LogP contribution is 2.38. The number of para-hydroxylation sites is 2. The smallest absolute Gasteiger partial charge is 0.160 e. The molecule has 0 amide bonds. The van der Waals surface area contributed by atoms with Crippen molar-refractivity contribution in [3.05, 3.63) is 114 Å². The fourth-order valence-electron chi connectivity index (χ4n) is 4.16. The first-order chi connectivity index (χ1) is 16.3. The third-order valence-corrected chi connectivity index (χ3v) is 6.12. The van der Waals surface area contributed by atoms with Gasteiger partial charge in [0.05, 0.1) is 18.1 Å². The average Bonchev–Trinajstić information content (AvgIpc) is 3.24. The van der Waals surface area contributed by atoms with Crippen LogP contribution in [0.4, 0.5) is 17.1 Å². The fraction of sp³-hybridized carbons (Fsp3) is 0. The molecule has 0 aliphatic heterocycles. The maximum Gasteiger partial charge on any atom is 0.160 e. The molecule has 0 aliphatic carbocycles. The van der Waals surface area contributed by atoms with Crippen LogP contribution in [0, 0.1) is 0 Å². The molecule has 2 heterocycles. The molecule has 0 N–H and O–H groups in total. The molecular weight excluding hydrogens is 474 g/mol. The summed E-state index contributed by atoms with van der Waals surface area (Å²) >= 11 is 3.52. The van der Waals surface area contributed by atoms with E-state index in [0.29, 0.717) is 5.82 Å². The van der Waals surface area contributed by atoms with Gasteiger partial charge in [-0.25, -0.2) is 9.97 Å². The molecule has 158 valence electrons. The normalized spacial score (nSPS) is 11.2. The summed E-state index contributed by atoms with van der Waals surface area (Å²) < 4.78 is 7.06. The van der Waals surface area contributed by atoms with Gasteiger partial charge in [0.25, 0.3) is 0 Å². The molecule has 0 saturated carbocycles. The number of hydrogen-bond acceptors (Lipinski definition) is 4. The lowest BCUT2D eigenvalue weighted by atomic mass is 10.1. The summed E-state index contributed by atoms with van der Waals surface area (Å²) in [6, 6.07) is 32.6. The van der Waals surface area contributed by atoms with Crippen molar-refractivity contribution in [3.8, 4) is 11.4 Å². The third-order valence-electron chi connectivity index (χ3n) is 5.63. The number of anilines is 3. The van der Waals surface area contributed by atoms with Crippen molar-refractivity contribution in [1.82, 2.24) is 9.97 Å². The monoisotopic (exact) mass is 491 g/mol. The number of nitrogens with zero attached hydrogens (tertiary/aromatic N) is 3. The van der Waals surface area contributed by atoms with Gasteiger partial charge in [-0.3, -0.25) is 0 Å². The van der Waals surface area contributed by atoms with E-state index in [1.807, 2.05) is 79.1 Å². The molecule has 0 spiro atoms. The fourth-order valence-corrected chi connectivity index (χ4v) is 4.50. The number of furan rings is 1. The molecule has 0 fully saturated rings. The van der Waals surface area contributed by atoms with Crippen molar-refractivity contribution in [1.29, 1.82) is 0 Å². The van der Waals surface area contributed by atoms with Gasteiger partial charge in [-0.1, -0.05) is 64.5 Å². The lowest BCUT2D eigenvalue weighted by Crippen LogP contribution is -2.10. The molecular formula is C28H18BrN3O. The largest absolute Gasteiger partial charge is 0.456 e. The number of hydrogen-bond donors (Lipinski definition) is 0. The van der Waals surface area contributed by atoms with Gasteiger partial charge in [-0.2, -0.15) is 0 Å². The van der Waals surface area contributed by atoms with Gasteiger partial charge in [0.15, 0.2) is 5.82 Å². The summed E-state index contributed by atoms with van der Waals surface area (Å²) in [5, 5.41) is 2.07. The molecule has 0 unspecified atom stereocenters. The quantitative estimate of drug-likeness (QED) is 0.248. The third kappa shape index (κ3) is 3.56. The maximum absolute atomic E-state index is 6.08. The molecule has 6 aromatic rings. The Morgan fingerprint density at radius 3 is 1.97 bits per heavy atom. The summed E-state index contributed by atoms with van der Waals surface area (Å²) in [6.45, 7) is 0. The van der Waals surface area contributed by atoms with Crippen molar-refractivity contribution in [2.75, 3.05) is 4.90 Å². The van der Waals surface area contributed by atoms with Crippen LogP contribution in [-0.4, -0.2) is 9.97 Å². The Kier molecular flexibility index (Phi) is 4.89. The Bertz CT molecular complexity index is 1520. The average molecular weight is 492 g/mol. The van der Waals surface area contributed by atoms with Crippen molar-refractivity contribution < 1.29 is 4.42 Å². The molecule has 0 saturated heterocycles. The Balaban J connectivity index is 1.47. The number of aromatic nitrogens is 2. The SMILES string of the molecule is Brc1ccc2c(c1)oc1cccc(-c3ncc(N(c4ccccc4)c4ccccc4)cn3)c12. The molecule has 0 bridgehead atoms. The topological polar surface area (TPSA) is 42.2 Å². The number of rotatable bonds is 4. The molecule has 0 aliphatic rings. The van der Waals surface area contributed by atoms with Crippen LogP contribution >= 0.6 is 15.9 Å². The molecule has 4 aromatic carbocycles. The van der Waals surface area contributed by atoms with Crippen LogP contribution in [0.5, 0.6) is 0 Å². The van der Waals surface area contributed by atoms with Crippen molar-refractivity contribution >= 4 is 54.9 Å². The van der Waals surface area contributed by atoms with Gasteiger partial charge in [0, 0.05) is 32.2 Å². The van der Waals surface area contributed by atoms with Crippen LogP contribution < -0.4 is 4.90 Å². The van der Waals surface area contributed by atoms with Crippen LogP contribution in [0.15, 0.2) is 118 Å². The predicted molar refractivity (Wildman–Crippen MR) is 137 cm³/mol. The first-order valence-electron chi connectivity index (χ1n) is 10.6. The first-order valence-corrected chi connectivity index (χ1v) is 11.4. The van der Waals surface area contributed by atoms with Crippen LogP contribution in [-0.2, 0) is 0 Å². The Morgan fingerprint density at radius 1 is 0.636 bits per heavy atom. The minimum Gasteiger partial charge on any atom is -0.456 e. The van der Waals surface area contributed by atoms with Gasteiger partial charge >= 0.3 is 0 Å². The lowest BCUT2D eigenvalue weighted by Gasteiger charge is -2.24. The molecule has 2 aromatic heterocycles. The van der Waals surface area contributed by atoms with Crippen LogP contribution in [0.3, 0.4) is 0 Å². The lowest BCUT2D eigenvalue weighted by molar-refractivity contribution is 0.668. The van der Waals surface area contributed by atoms with E-state index < -0.39 is 0 Å². The van der Waals surface area contributed by atoms with E-state index in [2.05, 4.69) is 51.2 Å². The van der Waals surface area contributed by atoms with Crippen molar-refractivity contribution in [3.63, 3.8) is 0 Å². The summed E-state index contributed by atoms with van der Waals surface area (Å²) in [7, 11) is 0. The Morgan fingerprint density at radius 2 is 1.30 bits per heavy atom. The van der Waals surface area contributed by atoms with Gasteiger partial charge in [0.2, 0.25) is 0 Å². The second kappa shape index (κ2) is 8.19. The van der Waals surface area contributed by atoms with Gasteiger partial charge in [-0.15, -0.1) is 0 Å². The van der Waals surface area contributed by atoms with Crippen LogP contribution in [0.2, 0.25) is 0 Å². The van der Waals surface area contributed by atoms with E-state index in [4.69, 9.17) is 14.4 Å². The molecule has 33 heavy (non-hydrogen) atoms. The molecule has 5 heteroatoms. The highest BCUT2D eigenvalue weighted by atomic mass is 79.9. The second-order valence-corrected chi connectivity index (χ2v) is 8.61. The zero-order valence-electron chi connectivity index (χ0n) is 17.5.